The summed E-state index contributed by atoms with van der Waals surface area (Å²) >= 11 is 6.32. The molecule has 98 valence electrons. The maximum Gasteiger partial charge on any atom is 0.180 e. The quantitative estimate of drug-likeness (QED) is 0.896. The van der Waals surface area contributed by atoms with E-state index in [4.69, 9.17) is 26.8 Å². The van der Waals surface area contributed by atoms with Gasteiger partial charge in [0.2, 0.25) is 0 Å². The fourth-order valence-electron chi connectivity index (χ4n) is 2.54. The van der Waals surface area contributed by atoms with E-state index in [0.29, 0.717) is 24.0 Å². The van der Waals surface area contributed by atoms with E-state index in [1.54, 1.807) is 0 Å². The molecule has 0 amide bonds. The van der Waals surface area contributed by atoms with E-state index in [2.05, 4.69) is 6.92 Å². The van der Waals surface area contributed by atoms with Crippen molar-refractivity contribution in [2.24, 2.45) is 5.73 Å². The Morgan fingerprint density at radius 2 is 1.94 bits per heavy atom. The third-order valence-electron chi connectivity index (χ3n) is 3.75. The number of hydrogen-bond acceptors (Lipinski definition) is 3. The van der Waals surface area contributed by atoms with Crippen LogP contribution >= 0.6 is 11.6 Å². The van der Waals surface area contributed by atoms with E-state index < -0.39 is 0 Å². The highest BCUT2D eigenvalue weighted by molar-refractivity contribution is 6.32. The number of halogens is 1. The molecular formula is C14H18ClNO2. The first-order valence-corrected chi connectivity index (χ1v) is 6.94. The maximum absolute atomic E-state index is 6.33. The summed E-state index contributed by atoms with van der Waals surface area (Å²) in [6, 6.07) is 1.97. The number of ether oxygens (including phenoxy) is 2. The highest BCUT2D eigenvalue weighted by atomic mass is 35.5. The van der Waals surface area contributed by atoms with Gasteiger partial charge in [-0.1, -0.05) is 18.5 Å². The van der Waals surface area contributed by atoms with Crippen LogP contribution in [0.5, 0.6) is 11.5 Å². The van der Waals surface area contributed by atoms with E-state index in [-0.39, 0.29) is 5.54 Å². The predicted octanol–water partition coefficient (Wildman–Crippen LogP) is 3.01. The largest absolute Gasteiger partial charge is 0.489 e. The van der Waals surface area contributed by atoms with Crippen LogP contribution in [0.3, 0.4) is 0 Å². The molecule has 0 saturated heterocycles. The van der Waals surface area contributed by atoms with Crippen molar-refractivity contribution < 1.29 is 9.47 Å². The lowest BCUT2D eigenvalue weighted by atomic mass is 9.95. The molecule has 3 rings (SSSR count). The molecular weight excluding hydrogens is 250 g/mol. The Morgan fingerprint density at radius 1 is 1.28 bits per heavy atom. The molecule has 0 unspecified atom stereocenters. The van der Waals surface area contributed by atoms with Gasteiger partial charge in [-0.2, -0.15) is 0 Å². The molecule has 0 bridgehead atoms. The lowest BCUT2D eigenvalue weighted by molar-refractivity contribution is 0.296. The summed E-state index contributed by atoms with van der Waals surface area (Å²) in [5.74, 6) is 1.51. The molecule has 1 saturated carbocycles. The van der Waals surface area contributed by atoms with Gasteiger partial charge in [0.25, 0.3) is 0 Å². The minimum Gasteiger partial charge on any atom is -0.489 e. The topological polar surface area (TPSA) is 44.5 Å². The van der Waals surface area contributed by atoms with Crippen LogP contribution in [-0.2, 0) is 12.0 Å². The van der Waals surface area contributed by atoms with E-state index >= 15 is 0 Å². The number of benzene rings is 1. The minimum atomic E-state index is -0.195. The molecule has 0 radical (unpaired) electrons. The van der Waals surface area contributed by atoms with Crippen LogP contribution in [0.2, 0.25) is 5.02 Å². The lowest BCUT2D eigenvalue weighted by Gasteiger charge is -2.20. The SMILES string of the molecule is CCc1c(C2(N)CC2)cc(Cl)c2c1OCCCO2. The van der Waals surface area contributed by atoms with Crippen molar-refractivity contribution in [2.75, 3.05) is 13.2 Å². The Bertz CT molecular complexity index is 483. The Kier molecular flexibility index (Phi) is 2.91. The van der Waals surface area contributed by atoms with Crippen LogP contribution in [0.4, 0.5) is 0 Å². The van der Waals surface area contributed by atoms with Gasteiger partial charge in [0.1, 0.15) is 0 Å². The summed E-state index contributed by atoms with van der Waals surface area (Å²) in [7, 11) is 0. The molecule has 0 atom stereocenters. The predicted molar refractivity (Wildman–Crippen MR) is 71.5 cm³/mol. The Balaban J connectivity index is 2.17. The zero-order valence-electron chi connectivity index (χ0n) is 10.6. The molecule has 3 nitrogen and oxygen atoms in total. The van der Waals surface area contributed by atoms with E-state index in [9.17, 15) is 0 Å². The number of hydrogen-bond donors (Lipinski definition) is 1. The van der Waals surface area contributed by atoms with Crippen LogP contribution < -0.4 is 15.2 Å². The van der Waals surface area contributed by atoms with Gasteiger partial charge in [-0.3, -0.25) is 0 Å². The third-order valence-corrected chi connectivity index (χ3v) is 4.03. The van der Waals surface area contributed by atoms with Crippen molar-refractivity contribution in [3.63, 3.8) is 0 Å². The minimum absolute atomic E-state index is 0.195. The zero-order valence-corrected chi connectivity index (χ0v) is 11.3. The van der Waals surface area contributed by atoms with Crippen molar-refractivity contribution in [2.45, 2.75) is 38.1 Å². The summed E-state index contributed by atoms with van der Waals surface area (Å²) in [5, 5.41) is 0.621. The molecule has 4 heteroatoms. The summed E-state index contributed by atoms with van der Waals surface area (Å²) in [6.45, 7) is 3.45. The third kappa shape index (κ3) is 1.86. The Morgan fingerprint density at radius 3 is 2.56 bits per heavy atom. The van der Waals surface area contributed by atoms with Crippen LogP contribution in [0.25, 0.3) is 0 Å². The van der Waals surface area contributed by atoms with Gasteiger partial charge in [0.05, 0.1) is 18.2 Å². The van der Waals surface area contributed by atoms with Gasteiger partial charge < -0.3 is 15.2 Å². The van der Waals surface area contributed by atoms with Crippen molar-refractivity contribution in [3.8, 4) is 11.5 Å². The molecule has 1 aromatic carbocycles. The van der Waals surface area contributed by atoms with Crippen molar-refractivity contribution in [3.05, 3.63) is 22.2 Å². The van der Waals surface area contributed by atoms with Gasteiger partial charge in [-0.25, -0.2) is 0 Å². The molecule has 1 aliphatic heterocycles. The molecule has 0 aromatic heterocycles. The normalized spacial score (nSPS) is 20.4. The summed E-state index contributed by atoms with van der Waals surface area (Å²) in [4.78, 5) is 0. The number of nitrogens with two attached hydrogens (primary N) is 1. The number of rotatable bonds is 2. The van der Waals surface area contributed by atoms with Gasteiger partial charge >= 0.3 is 0 Å². The molecule has 1 aliphatic carbocycles. The van der Waals surface area contributed by atoms with Crippen molar-refractivity contribution in [1.82, 2.24) is 0 Å². The zero-order chi connectivity index (χ0) is 12.8. The van der Waals surface area contributed by atoms with Crippen molar-refractivity contribution in [1.29, 1.82) is 0 Å². The second-order valence-electron chi connectivity index (χ2n) is 5.10. The lowest BCUT2D eigenvalue weighted by Crippen LogP contribution is -2.21. The van der Waals surface area contributed by atoms with Crippen LogP contribution in [0.15, 0.2) is 6.07 Å². The molecule has 18 heavy (non-hydrogen) atoms. The molecule has 2 aliphatic rings. The summed E-state index contributed by atoms with van der Waals surface area (Å²) in [5.41, 5.74) is 8.44. The fourth-order valence-corrected chi connectivity index (χ4v) is 2.79. The average Bonchev–Trinajstić information content (AvgIpc) is 3.13. The smallest absolute Gasteiger partial charge is 0.180 e. The first kappa shape index (κ1) is 12.1. The summed E-state index contributed by atoms with van der Waals surface area (Å²) in [6.07, 6.45) is 3.82. The van der Waals surface area contributed by atoms with Crippen molar-refractivity contribution >= 4 is 11.6 Å². The van der Waals surface area contributed by atoms with Crippen LogP contribution in [0.1, 0.15) is 37.3 Å². The fraction of sp³-hybridized carbons (Fsp3) is 0.571. The summed E-state index contributed by atoms with van der Waals surface area (Å²) < 4.78 is 11.6. The number of fused-ring (bicyclic) bond motifs is 1. The van der Waals surface area contributed by atoms with Gasteiger partial charge in [-0.15, -0.1) is 0 Å². The van der Waals surface area contributed by atoms with Gasteiger partial charge in [0.15, 0.2) is 11.5 Å². The van der Waals surface area contributed by atoms with Crippen LogP contribution in [-0.4, -0.2) is 13.2 Å². The molecule has 1 heterocycles. The highest BCUT2D eigenvalue weighted by Crippen LogP contribution is 2.50. The van der Waals surface area contributed by atoms with Crippen LogP contribution in [0, 0.1) is 0 Å². The standard InChI is InChI=1S/C14H18ClNO2/c1-2-9-10(14(16)4-5-14)8-11(15)13-12(9)17-6-3-7-18-13/h8H,2-7,16H2,1H3. The second kappa shape index (κ2) is 4.32. The molecule has 0 spiro atoms. The molecule has 2 N–H and O–H groups in total. The Labute approximate surface area is 112 Å². The maximum atomic E-state index is 6.33. The molecule has 1 aromatic rings. The van der Waals surface area contributed by atoms with Gasteiger partial charge in [-0.05, 0) is 30.9 Å². The van der Waals surface area contributed by atoms with Gasteiger partial charge in [0, 0.05) is 17.5 Å². The average molecular weight is 268 g/mol. The Hall–Kier alpha value is -0.930. The monoisotopic (exact) mass is 267 g/mol. The highest BCUT2D eigenvalue weighted by Gasteiger charge is 2.43. The molecule has 1 fully saturated rings. The first-order chi connectivity index (χ1) is 8.65. The van der Waals surface area contributed by atoms with E-state index in [0.717, 1.165) is 42.6 Å². The second-order valence-corrected chi connectivity index (χ2v) is 5.51. The first-order valence-electron chi connectivity index (χ1n) is 6.56. The van der Waals surface area contributed by atoms with E-state index in [1.807, 2.05) is 6.07 Å². The van der Waals surface area contributed by atoms with E-state index in [1.165, 1.54) is 0 Å².